The number of nitrogens with one attached hydrogen (secondary N) is 2. The molecule has 0 saturated carbocycles. The molecule has 0 fully saturated rings. The van der Waals surface area contributed by atoms with Gasteiger partial charge in [-0.05, 0) is 31.2 Å². The van der Waals surface area contributed by atoms with Crippen LogP contribution in [-0.4, -0.2) is 17.4 Å². The van der Waals surface area contributed by atoms with Crippen LogP contribution < -0.4 is 16.4 Å². The van der Waals surface area contributed by atoms with Gasteiger partial charge < -0.3 is 16.4 Å². The first-order valence-corrected chi connectivity index (χ1v) is 6.90. The lowest BCUT2D eigenvalue weighted by Gasteiger charge is -2.16. The van der Waals surface area contributed by atoms with Crippen molar-refractivity contribution in [1.29, 1.82) is 0 Å². The second-order valence-corrected chi connectivity index (χ2v) is 4.80. The fraction of sp³-hybridized carbons (Fsp3) is 0.200. The summed E-state index contributed by atoms with van der Waals surface area (Å²) in [5.41, 5.74) is 3.37. The number of nitrogens with zero attached hydrogens (tertiary/aromatic N) is 1. The van der Waals surface area contributed by atoms with E-state index in [1.165, 1.54) is 18.3 Å². The van der Waals surface area contributed by atoms with Gasteiger partial charge in [0.05, 0.1) is 16.8 Å². The molecule has 24 heavy (non-hydrogen) atoms. The predicted octanol–water partition coefficient (Wildman–Crippen LogP) is 3.51. The van der Waals surface area contributed by atoms with Crippen LogP contribution in [0.3, 0.4) is 0 Å². The SMILES string of the molecule is CCNc1cc(Nc2ncccc2C(N)=O)cc(C(F)(F)F)c1F. The van der Waals surface area contributed by atoms with Gasteiger partial charge in [-0.25, -0.2) is 9.37 Å². The number of aromatic nitrogens is 1. The Bertz CT molecular complexity index is 762. The summed E-state index contributed by atoms with van der Waals surface area (Å²) in [6.45, 7) is 1.85. The smallest absolute Gasteiger partial charge is 0.383 e. The highest BCUT2D eigenvalue weighted by molar-refractivity contribution is 5.98. The lowest BCUT2D eigenvalue weighted by Crippen LogP contribution is -2.15. The molecule has 1 amide bonds. The number of pyridine rings is 1. The number of halogens is 4. The second kappa shape index (κ2) is 6.73. The number of hydrogen-bond donors (Lipinski definition) is 3. The monoisotopic (exact) mass is 342 g/mol. The average Bonchev–Trinajstić information content (AvgIpc) is 2.49. The van der Waals surface area contributed by atoms with E-state index in [1.807, 2.05) is 0 Å². The van der Waals surface area contributed by atoms with Crippen LogP contribution >= 0.6 is 0 Å². The van der Waals surface area contributed by atoms with E-state index < -0.39 is 23.5 Å². The Labute approximate surface area is 134 Å². The quantitative estimate of drug-likeness (QED) is 0.727. The Balaban J connectivity index is 2.51. The molecule has 0 spiro atoms. The molecule has 0 atom stereocenters. The van der Waals surface area contributed by atoms with E-state index in [9.17, 15) is 22.4 Å². The first-order valence-electron chi connectivity index (χ1n) is 6.90. The lowest BCUT2D eigenvalue weighted by molar-refractivity contribution is -0.139. The van der Waals surface area contributed by atoms with Gasteiger partial charge in [-0.1, -0.05) is 0 Å². The molecule has 2 rings (SSSR count). The number of carbonyl (C=O) groups is 1. The van der Waals surface area contributed by atoms with Crippen LogP contribution in [0.2, 0.25) is 0 Å². The van der Waals surface area contributed by atoms with Crippen molar-refractivity contribution < 1.29 is 22.4 Å². The van der Waals surface area contributed by atoms with E-state index >= 15 is 0 Å². The van der Waals surface area contributed by atoms with Gasteiger partial charge in [0, 0.05) is 18.4 Å². The summed E-state index contributed by atoms with van der Waals surface area (Å²) >= 11 is 0. The van der Waals surface area contributed by atoms with Crippen LogP contribution in [0.1, 0.15) is 22.8 Å². The van der Waals surface area contributed by atoms with Crippen molar-refractivity contribution >= 4 is 23.1 Å². The molecule has 9 heteroatoms. The Morgan fingerprint density at radius 3 is 2.62 bits per heavy atom. The maximum Gasteiger partial charge on any atom is 0.419 e. The second-order valence-electron chi connectivity index (χ2n) is 4.80. The Morgan fingerprint density at radius 1 is 1.33 bits per heavy atom. The molecule has 5 nitrogen and oxygen atoms in total. The van der Waals surface area contributed by atoms with E-state index in [0.717, 1.165) is 6.07 Å². The number of primary amides is 1. The maximum absolute atomic E-state index is 14.0. The lowest BCUT2D eigenvalue weighted by atomic mass is 10.1. The highest BCUT2D eigenvalue weighted by atomic mass is 19.4. The summed E-state index contributed by atoms with van der Waals surface area (Å²) in [5, 5.41) is 5.10. The fourth-order valence-corrected chi connectivity index (χ4v) is 2.06. The maximum atomic E-state index is 14.0. The summed E-state index contributed by atoms with van der Waals surface area (Å²) in [6, 6.07) is 4.60. The number of carbonyl (C=O) groups excluding carboxylic acids is 1. The van der Waals surface area contributed by atoms with Crippen molar-refractivity contribution in [2.45, 2.75) is 13.1 Å². The summed E-state index contributed by atoms with van der Waals surface area (Å²) in [4.78, 5) is 15.2. The molecule has 0 aliphatic rings. The van der Waals surface area contributed by atoms with Crippen LogP contribution in [0.4, 0.5) is 34.8 Å². The zero-order valence-electron chi connectivity index (χ0n) is 12.5. The molecule has 0 bridgehead atoms. The molecule has 4 N–H and O–H groups in total. The highest BCUT2D eigenvalue weighted by Crippen LogP contribution is 2.37. The Kier molecular flexibility index (Phi) is 4.91. The van der Waals surface area contributed by atoms with Crippen molar-refractivity contribution in [2.24, 2.45) is 5.73 Å². The normalized spacial score (nSPS) is 11.2. The Hall–Kier alpha value is -2.84. The van der Waals surface area contributed by atoms with Crippen molar-refractivity contribution in [3.8, 4) is 0 Å². The topological polar surface area (TPSA) is 80.0 Å². The molecule has 128 valence electrons. The van der Waals surface area contributed by atoms with E-state index in [1.54, 1.807) is 6.92 Å². The molecule has 0 unspecified atom stereocenters. The third-order valence-electron chi connectivity index (χ3n) is 3.08. The van der Waals surface area contributed by atoms with Crippen LogP contribution in [0, 0.1) is 5.82 Å². The first kappa shape index (κ1) is 17.5. The first-order chi connectivity index (χ1) is 11.2. The summed E-state index contributed by atoms with van der Waals surface area (Å²) in [7, 11) is 0. The fourth-order valence-electron chi connectivity index (χ4n) is 2.06. The third kappa shape index (κ3) is 3.73. The zero-order valence-corrected chi connectivity index (χ0v) is 12.5. The highest BCUT2D eigenvalue weighted by Gasteiger charge is 2.35. The molecule has 0 saturated heterocycles. The molecule has 1 aromatic carbocycles. The van der Waals surface area contributed by atoms with Gasteiger partial charge in [0.25, 0.3) is 5.91 Å². The molecule has 0 radical (unpaired) electrons. The zero-order chi connectivity index (χ0) is 17.9. The molecule has 1 aromatic heterocycles. The number of hydrogen-bond acceptors (Lipinski definition) is 4. The standard InChI is InChI=1S/C15H14F4N4O/c1-2-21-11-7-8(6-10(12(11)16)15(17,18)19)23-14-9(13(20)24)4-3-5-22-14/h3-7,21H,2H2,1H3,(H2,20,24)(H,22,23). The molecular weight excluding hydrogens is 328 g/mol. The van der Waals surface area contributed by atoms with Gasteiger partial charge >= 0.3 is 6.18 Å². The summed E-state index contributed by atoms with van der Waals surface area (Å²) < 4.78 is 53.0. The molecule has 1 heterocycles. The van der Waals surface area contributed by atoms with Gasteiger partial charge in [0.1, 0.15) is 5.82 Å². The predicted molar refractivity (Wildman–Crippen MR) is 81.6 cm³/mol. The summed E-state index contributed by atoms with van der Waals surface area (Å²) in [5.74, 6) is -2.21. The minimum Gasteiger partial charge on any atom is -0.383 e. The number of alkyl halides is 3. The van der Waals surface area contributed by atoms with E-state index in [0.29, 0.717) is 6.07 Å². The minimum absolute atomic E-state index is 0.000356. The van der Waals surface area contributed by atoms with E-state index in [-0.39, 0.29) is 29.3 Å². The van der Waals surface area contributed by atoms with Gasteiger partial charge in [0.15, 0.2) is 5.82 Å². The van der Waals surface area contributed by atoms with Crippen molar-refractivity contribution in [3.05, 3.63) is 47.4 Å². The van der Waals surface area contributed by atoms with Gasteiger partial charge in [-0.2, -0.15) is 13.2 Å². The largest absolute Gasteiger partial charge is 0.419 e. The van der Waals surface area contributed by atoms with Crippen LogP contribution in [0.15, 0.2) is 30.5 Å². The van der Waals surface area contributed by atoms with Gasteiger partial charge in [0.2, 0.25) is 0 Å². The van der Waals surface area contributed by atoms with Crippen LogP contribution in [0.5, 0.6) is 0 Å². The van der Waals surface area contributed by atoms with Gasteiger partial charge in [-0.15, -0.1) is 0 Å². The number of amides is 1. The van der Waals surface area contributed by atoms with Gasteiger partial charge in [-0.3, -0.25) is 4.79 Å². The Morgan fingerprint density at radius 2 is 2.04 bits per heavy atom. The van der Waals surface area contributed by atoms with Crippen molar-refractivity contribution in [2.75, 3.05) is 17.2 Å². The number of rotatable bonds is 5. The summed E-state index contributed by atoms with van der Waals surface area (Å²) in [6.07, 6.45) is -3.53. The average molecular weight is 342 g/mol. The molecule has 0 aliphatic heterocycles. The number of benzene rings is 1. The van der Waals surface area contributed by atoms with Crippen LogP contribution in [0.25, 0.3) is 0 Å². The molecule has 0 aliphatic carbocycles. The molecular formula is C15H14F4N4O. The minimum atomic E-state index is -4.87. The van der Waals surface area contributed by atoms with Crippen molar-refractivity contribution in [1.82, 2.24) is 4.98 Å². The number of nitrogens with two attached hydrogens (primary N) is 1. The van der Waals surface area contributed by atoms with E-state index in [2.05, 4.69) is 15.6 Å². The molecule has 2 aromatic rings. The van der Waals surface area contributed by atoms with Crippen molar-refractivity contribution in [3.63, 3.8) is 0 Å². The van der Waals surface area contributed by atoms with E-state index in [4.69, 9.17) is 5.73 Å². The van der Waals surface area contributed by atoms with Crippen LogP contribution in [-0.2, 0) is 6.18 Å². The third-order valence-corrected chi connectivity index (χ3v) is 3.08. The number of anilines is 3.